The average Bonchev–Trinajstić information content (AvgIpc) is 3.11. The summed E-state index contributed by atoms with van der Waals surface area (Å²) in [5, 5.41) is 4.72. The minimum Gasteiger partial charge on any atom is -0.264 e. The zero-order chi connectivity index (χ0) is 29.3. The lowest BCUT2D eigenvalue weighted by atomic mass is 9.95. The molecule has 8 rings (SSSR count). The highest BCUT2D eigenvalue weighted by Crippen LogP contribution is 2.35. The fourth-order valence-electron chi connectivity index (χ4n) is 5.73. The third kappa shape index (κ3) is 4.99. The Kier molecular flexibility index (Phi) is 6.43. The molecular weight excluding hydrogens is 536 g/mol. The van der Waals surface area contributed by atoms with Crippen LogP contribution in [0.3, 0.4) is 0 Å². The summed E-state index contributed by atoms with van der Waals surface area (Å²) in [5.41, 5.74) is 8.95. The minimum atomic E-state index is 0.686. The molecule has 0 radical (unpaired) electrons. The Bertz CT molecular complexity index is 2120. The van der Waals surface area contributed by atoms with Crippen molar-refractivity contribution in [3.8, 4) is 56.2 Å². The van der Waals surface area contributed by atoms with Gasteiger partial charge in [0.25, 0.3) is 0 Å². The topological polar surface area (TPSA) is 51.6 Å². The first-order valence-electron chi connectivity index (χ1n) is 14.6. The van der Waals surface area contributed by atoms with Crippen LogP contribution in [0.25, 0.3) is 77.7 Å². The summed E-state index contributed by atoms with van der Waals surface area (Å²) in [6, 6.07) is 46.5. The van der Waals surface area contributed by atoms with Gasteiger partial charge in [0.2, 0.25) is 0 Å². The predicted octanol–water partition coefficient (Wildman–Crippen LogP) is 9.91. The van der Waals surface area contributed by atoms with Crippen molar-refractivity contribution in [1.82, 2.24) is 19.9 Å². The maximum absolute atomic E-state index is 5.20. The summed E-state index contributed by atoms with van der Waals surface area (Å²) in [6.07, 6.45) is 7.39. The van der Waals surface area contributed by atoms with Gasteiger partial charge in [-0.3, -0.25) is 9.97 Å². The molecule has 3 aromatic heterocycles. The molecule has 44 heavy (non-hydrogen) atoms. The molecule has 0 aliphatic carbocycles. The van der Waals surface area contributed by atoms with E-state index >= 15 is 0 Å². The summed E-state index contributed by atoms with van der Waals surface area (Å²) in [7, 11) is 0. The minimum absolute atomic E-state index is 0.686. The quantitative estimate of drug-likeness (QED) is 0.209. The summed E-state index contributed by atoms with van der Waals surface area (Å²) >= 11 is 0. The fraction of sp³-hybridized carbons (Fsp3) is 0. The van der Waals surface area contributed by atoms with Gasteiger partial charge in [-0.05, 0) is 81.2 Å². The molecule has 3 heterocycles. The van der Waals surface area contributed by atoms with Crippen molar-refractivity contribution in [1.29, 1.82) is 0 Å². The van der Waals surface area contributed by atoms with Gasteiger partial charge >= 0.3 is 0 Å². The molecule has 0 saturated carbocycles. The van der Waals surface area contributed by atoms with Gasteiger partial charge in [-0.25, -0.2) is 9.97 Å². The van der Waals surface area contributed by atoms with Crippen LogP contribution in [0.1, 0.15) is 0 Å². The van der Waals surface area contributed by atoms with E-state index in [1.54, 1.807) is 12.4 Å². The highest BCUT2D eigenvalue weighted by Gasteiger charge is 2.14. The van der Waals surface area contributed by atoms with E-state index in [0.29, 0.717) is 5.82 Å². The number of hydrogen-bond donors (Lipinski definition) is 0. The Morgan fingerprint density at radius 2 is 0.818 bits per heavy atom. The summed E-state index contributed by atoms with van der Waals surface area (Å²) in [5.74, 6) is 0.686. The Balaban J connectivity index is 1.36. The molecule has 5 aromatic carbocycles. The number of hydrogen-bond acceptors (Lipinski definition) is 4. The van der Waals surface area contributed by atoms with Crippen molar-refractivity contribution in [2.24, 2.45) is 0 Å². The normalized spacial score (nSPS) is 11.2. The third-order valence-electron chi connectivity index (χ3n) is 8.00. The molecule has 0 saturated heterocycles. The smallest absolute Gasteiger partial charge is 0.160 e. The molecule has 0 amide bonds. The predicted molar refractivity (Wildman–Crippen MR) is 180 cm³/mol. The van der Waals surface area contributed by atoms with Crippen molar-refractivity contribution in [2.45, 2.75) is 0 Å². The van der Waals surface area contributed by atoms with Crippen LogP contribution in [0.15, 0.2) is 158 Å². The molecule has 0 fully saturated rings. The van der Waals surface area contributed by atoms with Gasteiger partial charge in [-0.15, -0.1) is 0 Å². The molecule has 0 aliphatic heterocycles. The summed E-state index contributed by atoms with van der Waals surface area (Å²) in [4.78, 5) is 19.1. The molecule has 206 valence electrons. The van der Waals surface area contributed by atoms with Crippen molar-refractivity contribution >= 4 is 21.5 Å². The second-order valence-corrected chi connectivity index (χ2v) is 10.9. The van der Waals surface area contributed by atoms with E-state index in [4.69, 9.17) is 9.97 Å². The second-order valence-electron chi connectivity index (χ2n) is 10.9. The van der Waals surface area contributed by atoms with Gasteiger partial charge < -0.3 is 0 Å². The number of fused-ring (bicyclic) bond motifs is 2. The van der Waals surface area contributed by atoms with Crippen molar-refractivity contribution in [3.05, 3.63) is 158 Å². The van der Waals surface area contributed by atoms with Crippen LogP contribution in [0, 0.1) is 0 Å². The van der Waals surface area contributed by atoms with Crippen molar-refractivity contribution in [2.75, 3.05) is 0 Å². The van der Waals surface area contributed by atoms with Gasteiger partial charge in [-0.1, -0.05) is 84.9 Å². The number of benzene rings is 5. The maximum atomic E-state index is 5.20. The van der Waals surface area contributed by atoms with Gasteiger partial charge in [0.15, 0.2) is 5.82 Å². The first-order valence-corrected chi connectivity index (χ1v) is 14.6. The molecular formula is C40H26N4. The number of pyridine rings is 2. The number of nitrogens with zero attached hydrogens (tertiary/aromatic N) is 4. The van der Waals surface area contributed by atoms with Crippen LogP contribution >= 0.6 is 0 Å². The molecule has 0 N–H and O–H groups in total. The zero-order valence-corrected chi connectivity index (χ0v) is 23.8. The summed E-state index contributed by atoms with van der Waals surface area (Å²) < 4.78 is 0. The molecule has 0 aliphatic rings. The SMILES string of the molecule is c1cncc(-c2cc(-c3cccnc3)cc(-c3cc(-c4ccc5ccccc5c4)nc(-c4ccc5ccccc5c4)n3)c2)c1. The van der Waals surface area contributed by atoms with E-state index in [1.165, 1.54) is 16.2 Å². The monoisotopic (exact) mass is 562 g/mol. The second kappa shape index (κ2) is 11.0. The Hall–Kier alpha value is -6.00. The summed E-state index contributed by atoms with van der Waals surface area (Å²) in [6.45, 7) is 0. The van der Waals surface area contributed by atoms with Crippen LogP contribution in [0.4, 0.5) is 0 Å². The van der Waals surface area contributed by atoms with E-state index in [1.807, 2.05) is 24.5 Å². The fourth-order valence-corrected chi connectivity index (χ4v) is 5.73. The zero-order valence-electron chi connectivity index (χ0n) is 23.8. The lowest BCUT2D eigenvalue weighted by Crippen LogP contribution is -1.97. The highest BCUT2D eigenvalue weighted by molar-refractivity contribution is 5.89. The lowest BCUT2D eigenvalue weighted by Gasteiger charge is -2.13. The van der Waals surface area contributed by atoms with Gasteiger partial charge in [0.05, 0.1) is 11.4 Å². The average molecular weight is 563 g/mol. The van der Waals surface area contributed by atoms with Crippen LogP contribution in [0.5, 0.6) is 0 Å². The van der Waals surface area contributed by atoms with E-state index in [2.05, 4.69) is 131 Å². The molecule has 0 bridgehead atoms. The molecule has 0 unspecified atom stereocenters. The number of rotatable bonds is 5. The lowest BCUT2D eigenvalue weighted by molar-refractivity contribution is 1.18. The highest BCUT2D eigenvalue weighted by atomic mass is 14.9. The molecule has 4 heteroatoms. The molecule has 0 atom stereocenters. The standard InChI is InChI=1S/C40H26N4/c1-3-9-29-19-31(15-13-27(29)7-1)38-24-39(44-40(43-38)32-16-14-28-8-2-4-10-30(28)20-32)37-22-35(33-11-5-17-41-25-33)21-36(23-37)34-12-6-18-42-26-34/h1-26H. The first-order chi connectivity index (χ1) is 21.8. The third-order valence-corrected chi connectivity index (χ3v) is 8.00. The first kappa shape index (κ1) is 25.7. The van der Waals surface area contributed by atoms with Gasteiger partial charge in [-0.2, -0.15) is 0 Å². The number of aromatic nitrogens is 4. The van der Waals surface area contributed by atoms with E-state index < -0.39 is 0 Å². The molecule has 8 aromatic rings. The van der Waals surface area contributed by atoms with Crippen molar-refractivity contribution in [3.63, 3.8) is 0 Å². The van der Waals surface area contributed by atoms with Crippen LogP contribution < -0.4 is 0 Å². The maximum Gasteiger partial charge on any atom is 0.160 e. The Morgan fingerprint density at radius 3 is 1.39 bits per heavy atom. The largest absolute Gasteiger partial charge is 0.264 e. The molecule has 0 spiro atoms. The van der Waals surface area contributed by atoms with E-state index in [-0.39, 0.29) is 0 Å². The molecule has 4 nitrogen and oxygen atoms in total. The van der Waals surface area contributed by atoms with Gasteiger partial charge in [0, 0.05) is 52.6 Å². The van der Waals surface area contributed by atoms with Gasteiger partial charge in [0.1, 0.15) is 0 Å². The Labute approximate surface area is 255 Å². The van der Waals surface area contributed by atoms with Crippen LogP contribution in [-0.2, 0) is 0 Å². The van der Waals surface area contributed by atoms with E-state index in [0.717, 1.165) is 55.7 Å². The Morgan fingerprint density at radius 1 is 0.318 bits per heavy atom. The van der Waals surface area contributed by atoms with E-state index in [9.17, 15) is 0 Å². The van der Waals surface area contributed by atoms with Crippen molar-refractivity contribution < 1.29 is 0 Å². The van der Waals surface area contributed by atoms with Crippen LogP contribution in [0.2, 0.25) is 0 Å². The van der Waals surface area contributed by atoms with Crippen LogP contribution in [-0.4, -0.2) is 19.9 Å².